The molecule has 0 saturated carbocycles. The van der Waals surface area contributed by atoms with Crippen LogP contribution in [0.4, 0.5) is 8.78 Å². The first-order valence-electron chi connectivity index (χ1n) is 6.39. The predicted molar refractivity (Wildman–Crippen MR) is 84.1 cm³/mol. The largest absolute Gasteiger partial charge is 0.309 e. The lowest BCUT2D eigenvalue weighted by Crippen LogP contribution is -2.17. The summed E-state index contributed by atoms with van der Waals surface area (Å²) in [7, 11) is 1.79. The highest BCUT2D eigenvalue weighted by Gasteiger charge is 2.18. The van der Waals surface area contributed by atoms with E-state index in [0.29, 0.717) is 10.6 Å². The maximum absolute atomic E-state index is 13.5. The Morgan fingerprint density at radius 3 is 2.52 bits per heavy atom. The van der Waals surface area contributed by atoms with Crippen LogP contribution < -0.4 is 5.32 Å². The van der Waals surface area contributed by atoms with E-state index in [0.717, 1.165) is 15.0 Å². The van der Waals surface area contributed by atoms with Crippen LogP contribution in [0.2, 0.25) is 5.02 Å². The highest BCUT2D eigenvalue weighted by molar-refractivity contribution is 7.19. The molecule has 0 radical (unpaired) electrons. The lowest BCUT2D eigenvalue weighted by Gasteiger charge is -2.16. The van der Waals surface area contributed by atoms with Gasteiger partial charge in [0.15, 0.2) is 0 Å². The quantitative estimate of drug-likeness (QED) is 0.703. The van der Waals surface area contributed by atoms with Gasteiger partial charge in [-0.15, -0.1) is 11.3 Å². The van der Waals surface area contributed by atoms with Crippen molar-refractivity contribution < 1.29 is 8.78 Å². The first-order chi connectivity index (χ1) is 10.1. The molecule has 1 atom stereocenters. The first-order valence-corrected chi connectivity index (χ1v) is 7.59. The monoisotopic (exact) mass is 323 g/mol. The molecular weight excluding hydrogens is 312 g/mol. The van der Waals surface area contributed by atoms with Gasteiger partial charge in [0.2, 0.25) is 0 Å². The Balaban J connectivity index is 2.11. The van der Waals surface area contributed by atoms with Crippen molar-refractivity contribution in [2.45, 2.75) is 6.04 Å². The van der Waals surface area contributed by atoms with Crippen LogP contribution in [0, 0.1) is 11.6 Å². The summed E-state index contributed by atoms with van der Waals surface area (Å²) in [5.41, 5.74) is 0.672. The molecule has 0 saturated heterocycles. The molecule has 0 spiro atoms. The van der Waals surface area contributed by atoms with Gasteiger partial charge in [0.1, 0.15) is 11.6 Å². The van der Waals surface area contributed by atoms with Gasteiger partial charge in [0.25, 0.3) is 0 Å². The summed E-state index contributed by atoms with van der Waals surface area (Å²) < 4.78 is 27.8. The molecule has 5 heteroatoms. The second-order valence-corrected chi connectivity index (χ2v) is 6.24. The van der Waals surface area contributed by atoms with E-state index < -0.39 is 0 Å². The van der Waals surface area contributed by atoms with Crippen LogP contribution in [0.3, 0.4) is 0 Å². The molecule has 1 aromatic heterocycles. The van der Waals surface area contributed by atoms with Crippen molar-refractivity contribution in [1.82, 2.24) is 5.32 Å². The lowest BCUT2D eigenvalue weighted by atomic mass is 10.0. The minimum absolute atomic E-state index is 0.228. The van der Waals surface area contributed by atoms with Crippen LogP contribution in [0.25, 0.3) is 10.1 Å². The van der Waals surface area contributed by atoms with E-state index in [-0.39, 0.29) is 17.7 Å². The SMILES string of the molecule is CNC(c1cc2cc(F)ccc2s1)c1cc(F)ccc1Cl. The minimum atomic E-state index is -0.332. The van der Waals surface area contributed by atoms with E-state index in [1.807, 2.05) is 6.07 Å². The zero-order valence-corrected chi connectivity index (χ0v) is 12.7. The van der Waals surface area contributed by atoms with Crippen LogP contribution in [-0.4, -0.2) is 7.05 Å². The molecule has 0 aliphatic heterocycles. The number of thiophene rings is 1. The minimum Gasteiger partial charge on any atom is -0.309 e. The maximum Gasteiger partial charge on any atom is 0.123 e. The van der Waals surface area contributed by atoms with E-state index in [9.17, 15) is 8.78 Å². The number of halogens is 3. The van der Waals surface area contributed by atoms with Gasteiger partial charge in [-0.2, -0.15) is 0 Å². The highest BCUT2D eigenvalue weighted by Crippen LogP contribution is 2.36. The summed E-state index contributed by atoms with van der Waals surface area (Å²) in [4.78, 5) is 0.964. The molecule has 1 nitrogen and oxygen atoms in total. The third-order valence-electron chi connectivity index (χ3n) is 3.34. The van der Waals surface area contributed by atoms with Gasteiger partial charge < -0.3 is 5.32 Å². The van der Waals surface area contributed by atoms with Crippen LogP contribution in [0.15, 0.2) is 42.5 Å². The summed E-state index contributed by atoms with van der Waals surface area (Å²) in [6.45, 7) is 0. The summed E-state index contributed by atoms with van der Waals surface area (Å²) in [5.74, 6) is -0.599. The van der Waals surface area contributed by atoms with Crippen molar-refractivity contribution in [3.63, 3.8) is 0 Å². The van der Waals surface area contributed by atoms with Crippen molar-refractivity contribution in [2.24, 2.45) is 0 Å². The second kappa shape index (κ2) is 5.72. The Morgan fingerprint density at radius 2 is 1.76 bits per heavy atom. The predicted octanol–water partition coefficient (Wildman–Crippen LogP) is 5.14. The lowest BCUT2D eigenvalue weighted by molar-refractivity contribution is 0.618. The van der Waals surface area contributed by atoms with Gasteiger partial charge in [-0.1, -0.05) is 11.6 Å². The average molecular weight is 324 g/mol. The Morgan fingerprint density at radius 1 is 1.05 bits per heavy atom. The van der Waals surface area contributed by atoms with Gasteiger partial charge in [-0.25, -0.2) is 8.78 Å². The van der Waals surface area contributed by atoms with E-state index in [1.165, 1.54) is 35.6 Å². The van der Waals surface area contributed by atoms with Crippen molar-refractivity contribution in [1.29, 1.82) is 0 Å². The fourth-order valence-corrected chi connectivity index (χ4v) is 3.76. The molecule has 108 valence electrons. The van der Waals surface area contributed by atoms with Crippen molar-refractivity contribution >= 4 is 33.0 Å². The Bertz CT molecular complexity index is 800. The summed E-state index contributed by atoms with van der Waals surface area (Å²) in [6.07, 6.45) is 0. The van der Waals surface area contributed by atoms with Gasteiger partial charge >= 0.3 is 0 Å². The second-order valence-electron chi connectivity index (χ2n) is 4.72. The van der Waals surface area contributed by atoms with Crippen LogP contribution in [0.1, 0.15) is 16.5 Å². The molecule has 0 aliphatic carbocycles. The Kier molecular flexibility index (Phi) is 3.93. The summed E-state index contributed by atoms with van der Waals surface area (Å²) in [6, 6.07) is 10.7. The third-order valence-corrected chi connectivity index (χ3v) is 4.86. The number of rotatable bonds is 3. The molecule has 3 aromatic rings. The van der Waals surface area contributed by atoms with E-state index in [2.05, 4.69) is 5.32 Å². The molecule has 3 rings (SSSR count). The number of benzene rings is 2. The molecule has 0 fully saturated rings. The van der Waals surface area contributed by atoms with Crippen molar-refractivity contribution in [3.8, 4) is 0 Å². The van der Waals surface area contributed by atoms with Gasteiger partial charge in [0, 0.05) is 14.6 Å². The number of nitrogens with one attached hydrogen (secondary N) is 1. The summed E-state index contributed by atoms with van der Waals surface area (Å²) in [5, 5.41) is 4.48. The molecule has 21 heavy (non-hydrogen) atoms. The first kappa shape index (κ1) is 14.4. The van der Waals surface area contributed by atoms with Crippen LogP contribution in [-0.2, 0) is 0 Å². The third kappa shape index (κ3) is 2.79. The van der Waals surface area contributed by atoms with Crippen LogP contribution >= 0.6 is 22.9 Å². The standard InChI is InChI=1S/C16H12ClF2NS/c1-20-16(12-8-11(19)2-4-13(12)17)15-7-9-6-10(18)3-5-14(9)21-15/h2-8,16,20H,1H3. The van der Waals surface area contributed by atoms with Crippen molar-refractivity contribution in [2.75, 3.05) is 7.05 Å². The zero-order chi connectivity index (χ0) is 15.0. The average Bonchev–Trinajstić information content (AvgIpc) is 2.86. The Labute approximate surface area is 130 Å². The molecule has 1 N–H and O–H groups in total. The fourth-order valence-electron chi connectivity index (χ4n) is 2.36. The van der Waals surface area contributed by atoms with Gasteiger partial charge in [0.05, 0.1) is 6.04 Å². The maximum atomic E-state index is 13.5. The molecule has 1 heterocycles. The highest BCUT2D eigenvalue weighted by atomic mass is 35.5. The normalized spacial score (nSPS) is 12.8. The van der Waals surface area contributed by atoms with E-state index >= 15 is 0 Å². The number of hydrogen-bond donors (Lipinski definition) is 1. The Hall–Kier alpha value is -1.49. The van der Waals surface area contributed by atoms with E-state index in [4.69, 9.17) is 11.6 Å². The molecule has 1 unspecified atom stereocenters. The molecule has 0 bridgehead atoms. The smallest absolute Gasteiger partial charge is 0.123 e. The zero-order valence-electron chi connectivity index (χ0n) is 11.2. The fraction of sp³-hybridized carbons (Fsp3) is 0.125. The van der Waals surface area contributed by atoms with Gasteiger partial charge in [-0.05, 0) is 60.5 Å². The van der Waals surface area contributed by atoms with Gasteiger partial charge in [-0.3, -0.25) is 0 Å². The number of fused-ring (bicyclic) bond motifs is 1. The number of hydrogen-bond acceptors (Lipinski definition) is 2. The summed E-state index contributed by atoms with van der Waals surface area (Å²) >= 11 is 7.72. The molecule has 2 aromatic carbocycles. The molecule has 0 amide bonds. The van der Waals surface area contributed by atoms with Crippen LogP contribution in [0.5, 0.6) is 0 Å². The van der Waals surface area contributed by atoms with Crippen molar-refractivity contribution in [3.05, 3.63) is 69.6 Å². The molecular formula is C16H12ClF2NS. The van der Waals surface area contributed by atoms with E-state index in [1.54, 1.807) is 19.2 Å². The molecule has 0 aliphatic rings. The topological polar surface area (TPSA) is 12.0 Å².